The number of halogens is 3. The standard InChI is InChI=1S/C18H22F3N3O5/c1-11-5-12(2)9-23(8-11)16(25)10-29-17(26)7-22-14-4-3-13(18(19,20)21)6-15(14)24(27)28/h3-4,6,11-12,22H,5,7-10H2,1-2H3/t11-,12-/m1/s1. The Balaban J connectivity index is 1.90. The van der Waals surface area contributed by atoms with Crippen molar-refractivity contribution in [1.82, 2.24) is 4.90 Å². The molecule has 0 unspecified atom stereocenters. The van der Waals surface area contributed by atoms with Crippen LogP contribution in [0.5, 0.6) is 0 Å². The van der Waals surface area contributed by atoms with Crippen LogP contribution in [0.15, 0.2) is 18.2 Å². The minimum absolute atomic E-state index is 0.259. The number of alkyl halides is 3. The number of hydrogen-bond acceptors (Lipinski definition) is 6. The van der Waals surface area contributed by atoms with Crippen molar-refractivity contribution in [2.75, 3.05) is 31.6 Å². The van der Waals surface area contributed by atoms with Gasteiger partial charge in [0.25, 0.3) is 11.6 Å². The monoisotopic (exact) mass is 417 g/mol. The number of benzene rings is 1. The van der Waals surface area contributed by atoms with E-state index in [1.165, 1.54) is 0 Å². The number of ether oxygens (including phenoxy) is 1. The zero-order chi connectivity index (χ0) is 21.8. The summed E-state index contributed by atoms with van der Waals surface area (Å²) in [6.07, 6.45) is -3.72. The van der Waals surface area contributed by atoms with Crippen LogP contribution in [-0.2, 0) is 20.5 Å². The van der Waals surface area contributed by atoms with E-state index in [4.69, 9.17) is 4.74 Å². The molecule has 1 heterocycles. The molecule has 2 rings (SSSR count). The van der Waals surface area contributed by atoms with Gasteiger partial charge in [0.15, 0.2) is 6.61 Å². The van der Waals surface area contributed by atoms with Gasteiger partial charge < -0.3 is 15.0 Å². The van der Waals surface area contributed by atoms with Crippen LogP contribution in [0, 0.1) is 22.0 Å². The van der Waals surface area contributed by atoms with Crippen molar-refractivity contribution >= 4 is 23.3 Å². The van der Waals surface area contributed by atoms with Crippen LogP contribution in [0.3, 0.4) is 0 Å². The molecule has 0 aliphatic carbocycles. The Hall–Kier alpha value is -2.85. The number of likely N-dealkylation sites (tertiary alicyclic amines) is 1. The van der Waals surface area contributed by atoms with Crippen LogP contribution in [0.25, 0.3) is 0 Å². The Morgan fingerprint density at radius 3 is 2.45 bits per heavy atom. The highest BCUT2D eigenvalue weighted by Gasteiger charge is 2.33. The number of carbonyl (C=O) groups is 2. The van der Waals surface area contributed by atoms with E-state index >= 15 is 0 Å². The van der Waals surface area contributed by atoms with E-state index < -0.39 is 41.5 Å². The molecular weight excluding hydrogens is 395 g/mol. The zero-order valence-electron chi connectivity index (χ0n) is 16.0. The fraction of sp³-hybridized carbons (Fsp3) is 0.556. The van der Waals surface area contributed by atoms with Crippen molar-refractivity contribution in [1.29, 1.82) is 0 Å². The number of piperidine rings is 1. The number of anilines is 1. The number of nitro benzene ring substituents is 1. The Morgan fingerprint density at radius 1 is 1.28 bits per heavy atom. The van der Waals surface area contributed by atoms with Gasteiger partial charge in [0.2, 0.25) is 0 Å². The third kappa shape index (κ3) is 6.33. The molecule has 0 bridgehead atoms. The molecule has 0 aromatic heterocycles. The molecule has 2 atom stereocenters. The second-order valence-electron chi connectivity index (χ2n) is 7.25. The van der Waals surface area contributed by atoms with Crippen molar-refractivity contribution in [2.45, 2.75) is 26.4 Å². The first-order valence-corrected chi connectivity index (χ1v) is 9.00. The van der Waals surface area contributed by atoms with Crippen LogP contribution in [-0.4, -0.2) is 47.9 Å². The summed E-state index contributed by atoms with van der Waals surface area (Å²) in [7, 11) is 0. The van der Waals surface area contributed by atoms with Crippen LogP contribution in [0.4, 0.5) is 24.5 Å². The lowest BCUT2D eigenvalue weighted by Gasteiger charge is -2.34. The number of nitrogens with zero attached hydrogens (tertiary/aromatic N) is 2. The lowest BCUT2D eigenvalue weighted by molar-refractivity contribution is -0.384. The van der Waals surface area contributed by atoms with Crippen LogP contribution >= 0.6 is 0 Å². The van der Waals surface area contributed by atoms with Crippen molar-refractivity contribution in [3.05, 3.63) is 33.9 Å². The Kier molecular flexibility index (Phi) is 7.04. The van der Waals surface area contributed by atoms with Gasteiger partial charge >= 0.3 is 12.1 Å². The second kappa shape index (κ2) is 9.10. The van der Waals surface area contributed by atoms with Gasteiger partial charge in [-0.2, -0.15) is 13.2 Å². The first-order valence-electron chi connectivity index (χ1n) is 9.00. The number of nitrogens with one attached hydrogen (secondary N) is 1. The predicted octanol–water partition coefficient (Wildman–Crippen LogP) is 3.07. The molecule has 1 aromatic carbocycles. The number of hydrogen-bond donors (Lipinski definition) is 1. The molecule has 1 saturated heterocycles. The molecule has 0 saturated carbocycles. The topological polar surface area (TPSA) is 102 Å². The molecule has 1 fully saturated rings. The van der Waals surface area contributed by atoms with E-state index in [2.05, 4.69) is 5.32 Å². The summed E-state index contributed by atoms with van der Waals surface area (Å²) < 4.78 is 43.0. The van der Waals surface area contributed by atoms with E-state index in [9.17, 15) is 32.9 Å². The lowest BCUT2D eigenvalue weighted by atomic mass is 9.92. The second-order valence-corrected chi connectivity index (χ2v) is 7.25. The summed E-state index contributed by atoms with van der Waals surface area (Å²) in [6, 6.07) is 1.93. The molecule has 1 aliphatic rings. The van der Waals surface area contributed by atoms with Crippen LogP contribution < -0.4 is 5.32 Å². The van der Waals surface area contributed by atoms with E-state index in [1.807, 2.05) is 13.8 Å². The van der Waals surface area contributed by atoms with E-state index in [0.717, 1.165) is 12.5 Å². The number of rotatable bonds is 6. The molecule has 0 spiro atoms. The highest BCUT2D eigenvalue weighted by atomic mass is 19.4. The predicted molar refractivity (Wildman–Crippen MR) is 97.1 cm³/mol. The first-order chi connectivity index (χ1) is 13.5. The largest absolute Gasteiger partial charge is 0.454 e. The molecule has 1 N–H and O–H groups in total. The van der Waals surface area contributed by atoms with Gasteiger partial charge in [0.1, 0.15) is 12.2 Å². The Bertz CT molecular complexity index is 774. The summed E-state index contributed by atoms with van der Waals surface area (Å²) in [5.74, 6) is -0.497. The normalized spacial score (nSPS) is 19.6. The van der Waals surface area contributed by atoms with Gasteiger partial charge in [-0.15, -0.1) is 0 Å². The third-order valence-electron chi connectivity index (χ3n) is 4.52. The summed E-state index contributed by atoms with van der Waals surface area (Å²) >= 11 is 0. The van der Waals surface area contributed by atoms with Crippen molar-refractivity contribution in [2.24, 2.45) is 11.8 Å². The summed E-state index contributed by atoms with van der Waals surface area (Å²) in [6.45, 7) is 4.22. The maximum atomic E-state index is 12.7. The molecule has 1 aromatic rings. The van der Waals surface area contributed by atoms with E-state index in [0.29, 0.717) is 37.1 Å². The fourth-order valence-electron chi connectivity index (χ4n) is 3.33. The molecule has 1 amide bonds. The minimum atomic E-state index is -4.73. The quantitative estimate of drug-likeness (QED) is 0.434. The van der Waals surface area contributed by atoms with Gasteiger partial charge in [-0.1, -0.05) is 13.8 Å². The Labute approximate surface area is 165 Å². The van der Waals surface area contributed by atoms with Crippen molar-refractivity contribution in [3.63, 3.8) is 0 Å². The lowest BCUT2D eigenvalue weighted by Crippen LogP contribution is -2.44. The zero-order valence-corrected chi connectivity index (χ0v) is 16.0. The number of nitro groups is 1. The third-order valence-corrected chi connectivity index (χ3v) is 4.52. The van der Waals surface area contributed by atoms with Crippen LogP contribution in [0.1, 0.15) is 25.8 Å². The Morgan fingerprint density at radius 2 is 1.90 bits per heavy atom. The van der Waals surface area contributed by atoms with E-state index in [-0.39, 0.29) is 11.6 Å². The molecule has 8 nitrogen and oxygen atoms in total. The maximum Gasteiger partial charge on any atom is 0.416 e. The number of esters is 1. The van der Waals surface area contributed by atoms with E-state index in [1.54, 1.807) is 4.90 Å². The molecule has 29 heavy (non-hydrogen) atoms. The molecule has 0 radical (unpaired) electrons. The molecule has 160 valence electrons. The molecular formula is C18H22F3N3O5. The maximum absolute atomic E-state index is 12.7. The first kappa shape index (κ1) is 22.4. The number of carbonyl (C=O) groups excluding carboxylic acids is 2. The summed E-state index contributed by atoms with van der Waals surface area (Å²) in [4.78, 5) is 35.7. The average molecular weight is 417 g/mol. The molecule has 1 aliphatic heterocycles. The summed E-state index contributed by atoms with van der Waals surface area (Å²) in [5.41, 5.74) is -2.25. The fourth-order valence-corrected chi connectivity index (χ4v) is 3.33. The average Bonchev–Trinajstić information content (AvgIpc) is 2.62. The molecule has 11 heteroatoms. The van der Waals surface area contributed by atoms with Gasteiger partial charge in [-0.25, -0.2) is 0 Å². The van der Waals surface area contributed by atoms with Gasteiger partial charge in [-0.05, 0) is 30.4 Å². The van der Waals surface area contributed by atoms with Gasteiger partial charge in [0, 0.05) is 19.2 Å². The minimum Gasteiger partial charge on any atom is -0.454 e. The highest BCUT2D eigenvalue weighted by Crippen LogP contribution is 2.34. The van der Waals surface area contributed by atoms with Gasteiger partial charge in [0.05, 0.1) is 10.5 Å². The summed E-state index contributed by atoms with van der Waals surface area (Å²) in [5, 5.41) is 13.4. The highest BCUT2D eigenvalue weighted by molar-refractivity contribution is 5.82. The van der Waals surface area contributed by atoms with Crippen molar-refractivity contribution < 1.29 is 32.4 Å². The van der Waals surface area contributed by atoms with Crippen molar-refractivity contribution in [3.8, 4) is 0 Å². The number of amides is 1. The SMILES string of the molecule is C[C@@H]1C[C@@H](C)CN(C(=O)COC(=O)CNc2ccc(C(F)(F)F)cc2[N+](=O)[O-])C1. The van der Waals surface area contributed by atoms with Gasteiger partial charge in [-0.3, -0.25) is 19.7 Å². The smallest absolute Gasteiger partial charge is 0.416 e. The van der Waals surface area contributed by atoms with Crippen LogP contribution in [0.2, 0.25) is 0 Å².